The van der Waals surface area contributed by atoms with E-state index in [1.807, 2.05) is 23.6 Å². The van der Waals surface area contributed by atoms with Crippen molar-refractivity contribution in [2.75, 3.05) is 12.1 Å². The molecule has 0 aliphatic carbocycles. The fraction of sp³-hybridized carbons (Fsp3) is 0.158. The fourth-order valence-corrected chi connectivity index (χ4v) is 3.38. The number of rotatable bonds is 4. The second-order valence-electron chi connectivity index (χ2n) is 5.83. The van der Waals surface area contributed by atoms with Gasteiger partial charge in [0.1, 0.15) is 0 Å². The monoisotopic (exact) mass is 409 g/mol. The predicted octanol–water partition coefficient (Wildman–Crippen LogP) is 6.26. The number of thiazole rings is 1. The molecule has 0 amide bonds. The second kappa shape index (κ2) is 7.70. The first kappa shape index (κ1) is 19.4. The van der Waals surface area contributed by atoms with Crippen molar-refractivity contribution in [1.29, 1.82) is 0 Å². The minimum atomic E-state index is -4.35. The summed E-state index contributed by atoms with van der Waals surface area (Å²) in [4.78, 5) is 4.52. The van der Waals surface area contributed by atoms with Crippen LogP contribution in [0.3, 0.4) is 0 Å². The maximum atomic E-state index is 12.7. The highest BCUT2D eigenvalue weighted by Crippen LogP contribution is 2.32. The van der Waals surface area contributed by atoms with Gasteiger partial charge in [-0.3, -0.25) is 0 Å². The Kier molecular flexibility index (Phi) is 5.53. The summed E-state index contributed by atoms with van der Waals surface area (Å²) in [7, 11) is 1.73. The second-order valence-corrected chi connectivity index (χ2v) is 7.08. The summed E-state index contributed by atoms with van der Waals surface area (Å²) in [5, 5.41) is 9.00. The first-order valence-electron chi connectivity index (χ1n) is 7.91. The van der Waals surface area contributed by atoms with E-state index in [9.17, 15) is 13.2 Å². The number of anilines is 1. The molecule has 3 rings (SSSR count). The number of hydrazone groups is 1. The van der Waals surface area contributed by atoms with Crippen molar-refractivity contribution in [3.05, 3.63) is 69.6 Å². The Labute approximate surface area is 163 Å². The molecule has 2 aromatic carbocycles. The van der Waals surface area contributed by atoms with Crippen molar-refractivity contribution in [2.24, 2.45) is 5.10 Å². The molecular formula is C19H15ClF3N3S. The molecule has 0 fully saturated rings. The van der Waals surface area contributed by atoms with Crippen molar-refractivity contribution in [3.63, 3.8) is 0 Å². The zero-order valence-corrected chi connectivity index (χ0v) is 16.0. The number of aryl methyl sites for hydroxylation is 1. The smallest absolute Gasteiger partial charge is 0.242 e. The molecule has 0 aliphatic rings. The van der Waals surface area contributed by atoms with Gasteiger partial charge in [-0.05, 0) is 36.2 Å². The summed E-state index contributed by atoms with van der Waals surface area (Å²) in [6.45, 7) is 1.62. The van der Waals surface area contributed by atoms with Crippen molar-refractivity contribution in [3.8, 4) is 11.3 Å². The predicted molar refractivity (Wildman–Crippen MR) is 105 cm³/mol. The van der Waals surface area contributed by atoms with E-state index < -0.39 is 11.7 Å². The van der Waals surface area contributed by atoms with Crippen LogP contribution in [0.5, 0.6) is 0 Å². The van der Waals surface area contributed by atoms with Crippen molar-refractivity contribution in [2.45, 2.75) is 13.1 Å². The molecule has 0 radical (unpaired) electrons. The lowest BCUT2D eigenvalue weighted by molar-refractivity contribution is -0.137. The lowest BCUT2D eigenvalue weighted by atomic mass is 10.1. The minimum absolute atomic E-state index is 0.498. The van der Waals surface area contributed by atoms with Crippen molar-refractivity contribution < 1.29 is 13.2 Å². The number of aromatic nitrogens is 1. The van der Waals surface area contributed by atoms with E-state index in [1.54, 1.807) is 25.0 Å². The van der Waals surface area contributed by atoms with Gasteiger partial charge >= 0.3 is 6.18 Å². The molecule has 140 valence electrons. The Bertz CT molecular complexity index is 982. The normalized spacial score (nSPS) is 11.9. The first-order chi connectivity index (χ1) is 12.8. The molecule has 0 unspecified atom stereocenters. The summed E-state index contributed by atoms with van der Waals surface area (Å²) in [6.07, 6.45) is -2.83. The lowest BCUT2D eigenvalue weighted by Gasteiger charge is -2.10. The van der Waals surface area contributed by atoms with E-state index in [-0.39, 0.29) is 0 Å². The Hall–Kier alpha value is -2.38. The molecule has 0 bridgehead atoms. The zero-order valence-electron chi connectivity index (χ0n) is 14.5. The zero-order chi connectivity index (χ0) is 19.6. The molecule has 0 saturated heterocycles. The molecule has 1 aromatic heterocycles. The minimum Gasteiger partial charge on any atom is -0.242 e. The SMILES string of the molecule is Cc1cc(C(F)(F)F)ccc1/C=N/N(C)c1nc(-c2ccccc2Cl)cs1. The maximum absolute atomic E-state index is 12.7. The van der Waals surface area contributed by atoms with Crippen LogP contribution in [0.15, 0.2) is 52.9 Å². The maximum Gasteiger partial charge on any atom is 0.416 e. The Morgan fingerprint density at radius 2 is 1.93 bits per heavy atom. The van der Waals surface area contributed by atoms with Gasteiger partial charge in [0.05, 0.1) is 17.5 Å². The highest BCUT2D eigenvalue weighted by Gasteiger charge is 2.30. The Morgan fingerprint density at radius 1 is 1.19 bits per heavy atom. The third kappa shape index (κ3) is 4.48. The first-order valence-corrected chi connectivity index (χ1v) is 9.17. The highest BCUT2D eigenvalue weighted by molar-refractivity contribution is 7.14. The molecule has 1 heterocycles. The summed E-state index contributed by atoms with van der Waals surface area (Å²) in [5.41, 5.74) is 2.01. The number of halogens is 4. The summed E-state index contributed by atoms with van der Waals surface area (Å²) in [6, 6.07) is 11.0. The van der Waals surface area contributed by atoms with Crippen molar-refractivity contribution in [1.82, 2.24) is 4.98 Å². The number of hydrogen-bond acceptors (Lipinski definition) is 4. The van der Waals surface area contributed by atoms with Gasteiger partial charge in [0.15, 0.2) is 0 Å². The van der Waals surface area contributed by atoms with Gasteiger partial charge in [-0.1, -0.05) is 35.9 Å². The number of nitrogens with zero attached hydrogens (tertiary/aromatic N) is 3. The molecule has 8 heteroatoms. The lowest BCUT2D eigenvalue weighted by Crippen LogP contribution is -2.09. The van der Waals surface area contributed by atoms with Gasteiger partial charge in [-0.25, -0.2) is 9.99 Å². The van der Waals surface area contributed by atoms with E-state index in [0.717, 1.165) is 23.4 Å². The molecule has 0 aliphatic heterocycles. The van der Waals surface area contributed by atoms with E-state index in [0.29, 0.717) is 21.3 Å². The molecule has 0 saturated carbocycles. The van der Waals surface area contributed by atoms with Crippen LogP contribution in [0, 0.1) is 6.92 Å². The van der Waals surface area contributed by atoms with E-state index in [4.69, 9.17) is 11.6 Å². The highest BCUT2D eigenvalue weighted by atomic mass is 35.5. The van der Waals surface area contributed by atoms with Crippen LogP contribution >= 0.6 is 22.9 Å². The average molecular weight is 410 g/mol. The molecule has 3 nitrogen and oxygen atoms in total. The molecule has 0 N–H and O–H groups in total. The van der Waals surface area contributed by atoms with E-state index >= 15 is 0 Å². The van der Waals surface area contributed by atoms with E-state index in [1.165, 1.54) is 23.6 Å². The molecule has 27 heavy (non-hydrogen) atoms. The van der Waals surface area contributed by atoms with Gasteiger partial charge in [0.25, 0.3) is 0 Å². The van der Waals surface area contributed by atoms with Gasteiger partial charge in [0, 0.05) is 23.0 Å². The average Bonchev–Trinajstić information content (AvgIpc) is 3.10. The van der Waals surface area contributed by atoms with Crippen LogP contribution in [0.25, 0.3) is 11.3 Å². The van der Waals surface area contributed by atoms with Crippen LogP contribution in [0.4, 0.5) is 18.3 Å². The van der Waals surface area contributed by atoms with Crippen LogP contribution in [0.2, 0.25) is 5.02 Å². The third-order valence-corrected chi connectivity index (χ3v) is 5.12. The van der Waals surface area contributed by atoms with Gasteiger partial charge in [-0.2, -0.15) is 18.3 Å². The third-order valence-electron chi connectivity index (χ3n) is 3.89. The largest absolute Gasteiger partial charge is 0.416 e. The van der Waals surface area contributed by atoms with Crippen molar-refractivity contribution >= 4 is 34.3 Å². The van der Waals surface area contributed by atoms with Crippen LogP contribution in [-0.4, -0.2) is 18.2 Å². The van der Waals surface area contributed by atoms with E-state index in [2.05, 4.69) is 10.1 Å². The molecular weight excluding hydrogens is 395 g/mol. The Balaban J connectivity index is 1.78. The Morgan fingerprint density at radius 3 is 2.59 bits per heavy atom. The number of hydrogen-bond donors (Lipinski definition) is 0. The van der Waals surface area contributed by atoms with Crippen LogP contribution < -0.4 is 5.01 Å². The molecule has 3 aromatic rings. The summed E-state index contributed by atoms with van der Waals surface area (Å²) < 4.78 is 38.2. The fourth-order valence-electron chi connectivity index (χ4n) is 2.40. The van der Waals surface area contributed by atoms with Crippen LogP contribution in [-0.2, 0) is 6.18 Å². The standard InChI is InChI=1S/C19H15ClF3N3S/c1-12-9-14(19(21,22)23)8-7-13(12)10-24-26(2)18-25-17(11-27-18)15-5-3-4-6-16(15)20/h3-11H,1-2H3/b24-10+. The topological polar surface area (TPSA) is 28.5 Å². The number of alkyl halides is 3. The molecule has 0 atom stereocenters. The van der Waals surface area contributed by atoms with Gasteiger partial charge < -0.3 is 0 Å². The van der Waals surface area contributed by atoms with Crippen LogP contribution in [0.1, 0.15) is 16.7 Å². The molecule has 0 spiro atoms. The summed E-state index contributed by atoms with van der Waals surface area (Å²) in [5.74, 6) is 0. The van der Waals surface area contributed by atoms with Gasteiger partial charge in [0.2, 0.25) is 5.13 Å². The van der Waals surface area contributed by atoms with Gasteiger partial charge in [-0.15, -0.1) is 11.3 Å². The quantitative estimate of drug-likeness (QED) is 0.375. The number of benzene rings is 2. The summed E-state index contributed by atoms with van der Waals surface area (Å²) >= 11 is 7.59.